The fraction of sp³-hybridized carbons (Fsp3) is 0.154. The first-order valence-electron chi connectivity index (χ1n) is 4.94. The first-order chi connectivity index (χ1) is 7.24. The second-order valence-corrected chi connectivity index (χ2v) is 4.11. The van der Waals surface area contributed by atoms with Crippen LogP contribution in [0.4, 0.5) is 0 Å². The van der Waals surface area contributed by atoms with Gasteiger partial charge >= 0.3 is 0 Å². The first kappa shape index (κ1) is 13.0. The van der Waals surface area contributed by atoms with Gasteiger partial charge in [0, 0.05) is 22.7 Å². The van der Waals surface area contributed by atoms with Crippen LogP contribution in [-0.2, 0) is 6.54 Å². The molecule has 0 unspecified atom stereocenters. The van der Waals surface area contributed by atoms with Gasteiger partial charge in [0.05, 0.1) is 0 Å². The highest BCUT2D eigenvalue weighted by molar-refractivity contribution is 6.30. The summed E-state index contributed by atoms with van der Waals surface area (Å²) in [5.41, 5.74) is 2.54. The van der Waals surface area contributed by atoms with Gasteiger partial charge in [-0.15, -0.1) is 0 Å². The minimum atomic E-state index is 0. The Bertz CT molecular complexity index is 391. The van der Waals surface area contributed by atoms with Gasteiger partial charge in [0.1, 0.15) is 0 Å². The summed E-state index contributed by atoms with van der Waals surface area (Å²) in [4.78, 5) is 0. The molecule has 0 amide bonds. The molecule has 1 heterocycles. The SMILES string of the molecule is Cc1cc[n+](Cc2ccc(Cl)cc2)cc1.[Cl-]. The number of hydrogen-bond acceptors (Lipinski definition) is 0. The smallest absolute Gasteiger partial charge is 0.173 e. The maximum atomic E-state index is 5.83. The molecule has 2 aromatic rings. The summed E-state index contributed by atoms with van der Waals surface area (Å²) in [6, 6.07) is 12.2. The maximum absolute atomic E-state index is 5.83. The predicted molar refractivity (Wildman–Crippen MR) is 61.9 cm³/mol. The number of halogens is 2. The van der Waals surface area contributed by atoms with Gasteiger partial charge < -0.3 is 12.4 Å². The van der Waals surface area contributed by atoms with Gasteiger partial charge in [-0.1, -0.05) is 23.7 Å². The topological polar surface area (TPSA) is 3.88 Å². The van der Waals surface area contributed by atoms with E-state index in [0.717, 1.165) is 11.6 Å². The molecule has 0 aliphatic carbocycles. The fourth-order valence-corrected chi connectivity index (χ4v) is 1.56. The monoisotopic (exact) mass is 253 g/mol. The Labute approximate surface area is 107 Å². The van der Waals surface area contributed by atoms with Crippen LogP contribution in [0.15, 0.2) is 48.8 Å². The molecule has 0 saturated heterocycles. The molecule has 2 rings (SSSR count). The molecule has 0 fully saturated rings. The van der Waals surface area contributed by atoms with E-state index in [2.05, 4.69) is 48.1 Å². The highest BCUT2D eigenvalue weighted by Crippen LogP contribution is 2.08. The van der Waals surface area contributed by atoms with Gasteiger partial charge in [-0.2, -0.15) is 0 Å². The van der Waals surface area contributed by atoms with Gasteiger partial charge in [-0.3, -0.25) is 0 Å². The Hall–Kier alpha value is -1.05. The van der Waals surface area contributed by atoms with Crippen molar-refractivity contribution in [3.63, 3.8) is 0 Å². The Morgan fingerprint density at radius 1 is 1.00 bits per heavy atom. The molecule has 0 N–H and O–H groups in total. The van der Waals surface area contributed by atoms with E-state index in [-0.39, 0.29) is 12.4 Å². The number of aryl methyl sites for hydroxylation is 1. The van der Waals surface area contributed by atoms with Crippen LogP contribution in [0.5, 0.6) is 0 Å². The Balaban J connectivity index is 0.00000128. The Kier molecular flexibility index (Phi) is 4.78. The molecular weight excluding hydrogens is 241 g/mol. The highest BCUT2D eigenvalue weighted by atomic mass is 35.5. The van der Waals surface area contributed by atoms with Crippen molar-refractivity contribution >= 4 is 11.6 Å². The number of hydrogen-bond donors (Lipinski definition) is 0. The average molecular weight is 254 g/mol. The lowest BCUT2D eigenvalue weighted by Gasteiger charge is -1.98. The summed E-state index contributed by atoms with van der Waals surface area (Å²) in [6.45, 7) is 2.98. The van der Waals surface area contributed by atoms with E-state index >= 15 is 0 Å². The molecule has 0 aliphatic rings. The van der Waals surface area contributed by atoms with Crippen molar-refractivity contribution in [1.29, 1.82) is 0 Å². The fourth-order valence-electron chi connectivity index (χ4n) is 1.44. The second kappa shape index (κ2) is 5.88. The molecule has 0 aliphatic heterocycles. The van der Waals surface area contributed by atoms with Crippen LogP contribution in [0.1, 0.15) is 11.1 Å². The van der Waals surface area contributed by atoms with Crippen molar-refractivity contribution in [2.45, 2.75) is 13.5 Å². The number of nitrogens with zero attached hydrogens (tertiary/aromatic N) is 1. The molecule has 0 atom stereocenters. The van der Waals surface area contributed by atoms with Crippen LogP contribution < -0.4 is 17.0 Å². The Morgan fingerprint density at radius 2 is 1.56 bits per heavy atom. The molecule has 1 nitrogen and oxygen atoms in total. The molecule has 1 aromatic carbocycles. The zero-order chi connectivity index (χ0) is 10.7. The van der Waals surface area contributed by atoms with Crippen molar-refractivity contribution in [3.05, 3.63) is 64.9 Å². The van der Waals surface area contributed by atoms with E-state index in [1.54, 1.807) is 0 Å². The largest absolute Gasteiger partial charge is 1.00 e. The summed E-state index contributed by atoms with van der Waals surface area (Å²) in [5, 5.41) is 0.785. The van der Waals surface area contributed by atoms with Gasteiger partial charge in [0.15, 0.2) is 18.9 Å². The van der Waals surface area contributed by atoms with Crippen molar-refractivity contribution in [2.75, 3.05) is 0 Å². The molecule has 1 aromatic heterocycles. The number of pyridine rings is 1. The third kappa shape index (κ3) is 3.51. The normalized spacial score (nSPS) is 9.62. The van der Waals surface area contributed by atoms with Crippen LogP contribution in [0, 0.1) is 6.92 Å². The molecule has 16 heavy (non-hydrogen) atoms. The number of rotatable bonds is 2. The minimum Gasteiger partial charge on any atom is -1.00 e. The minimum absolute atomic E-state index is 0. The number of benzene rings is 1. The lowest BCUT2D eigenvalue weighted by atomic mass is 10.2. The third-order valence-electron chi connectivity index (χ3n) is 2.34. The van der Waals surface area contributed by atoms with Crippen molar-refractivity contribution in [1.82, 2.24) is 0 Å². The molecule has 84 valence electrons. The molecule has 0 bridgehead atoms. The first-order valence-corrected chi connectivity index (χ1v) is 5.32. The van der Waals surface area contributed by atoms with Crippen molar-refractivity contribution in [2.24, 2.45) is 0 Å². The molecule has 3 heteroatoms. The van der Waals surface area contributed by atoms with Crippen LogP contribution in [0.3, 0.4) is 0 Å². The lowest BCUT2D eigenvalue weighted by molar-refractivity contribution is -0.688. The van der Waals surface area contributed by atoms with Crippen molar-refractivity contribution < 1.29 is 17.0 Å². The van der Waals surface area contributed by atoms with E-state index in [4.69, 9.17) is 11.6 Å². The van der Waals surface area contributed by atoms with Crippen LogP contribution >= 0.6 is 11.6 Å². The Morgan fingerprint density at radius 3 is 2.12 bits per heavy atom. The second-order valence-electron chi connectivity index (χ2n) is 3.67. The lowest BCUT2D eigenvalue weighted by Crippen LogP contribution is -3.00. The highest BCUT2D eigenvalue weighted by Gasteiger charge is 2.01. The maximum Gasteiger partial charge on any atom is 0.173 e. The summed E-state index contributed by atoms with van der Waals surface area (Å²) < 4.78 is 2.15. The zero-order valence-electron chi connectivity index (χ0n) is 9.03. The van der Waals surface area contributed by atoms with E-state index in [1.807, 2.05) is 12.1 Å². The summed E-state index contributed by atoms with van der Waals surface area (Å²) in [6.07, 6.45) is 4.17. The van der Waals surface area contributed by atoms with E-state index in [0.29, 0.717) is 0 Å². The quantitative estimate of drug-likeness (QED) is 0.664. The summed E-state index contributed by atoms with van der Waals surface area (Å²) >= 11 is 5.83. The van der Waals surface area contributed by atoms with Gasteiger partial charge in [-0.25, -0.2) is 4.57 Å². The third-order valence-corrected chi connectivity index (χ3v) is 2.59. The summed E-state index contributed by atoms with van der Waals surface area (Å²) in [7, 11) is 0. The van der Waals surface area contributed by atoms with Gasteiger partial charge in [0.2, 0.25) is 0 Å². The average Bonchev–Trinajstić information content (AvgIpc) is 2.25. The predicted octanol–water partition coefficient (Wildman–Crippen LogP) is -0.0118. The molecule has 0 saturated carbocycles. The van der Waals surface area contributed by atoms with Crippen LogP contribution in [-0.4, -0.2) is 0 Å². The number of aromatic nitrogens is 1. The van der Waals surface area contributed by atoms with Gasteiger partial charge in [0.25, 0.3) is 0 Å². The zero-order valence-corrected chi connectivity index (χ0v) is 10.5. The standard InChI is InChI=1S/C13H13ClN.ClH/c1-11-6-8-15(9-7-11)10-12-2-4-13(14)5-3-12;/h2-9H,10H2,1H3;1H/q+1;/p-1. The summed E-state index contributed by atoms with van der Waals surface area (Å²) in [5.74, 6) is 0. The molecule has 0 radical (unpaired) electrons. The molecule has 0 spiro atoms. The van der Waals surface area contributed by atoms with Crippen LogP contribution in [0.25, 0.3) is 0 Å². The van der Waals surface area contributed by atoms with E-state index in [9.17, 15) is 0 Å². The van der Waals surface area contributed by atoms with Crippen molar-refractivity contribution in [3.8, 4) is 0 Å². The molecular formula is C13H13Cl2N. The van der Waals surface area contributed by atoms with E-state index < -0.39 is 0 Å². The van der Waals surface area contributed by atoms with Crippen LogP contribution in [0.2, 0.25) is 5.02 Å². The van der Waals surface area contributed by atoms with Gasteiger partial charge in [-0.05, 0) is 24.6 Å². The van der Waals surface area contributed by atoms with E-state index in [1.165, 1.54) is 11.1 Å².